The van der Waals surface area contributed by atoms with Crippen molar-refractivity contribution >= 4 is 5.91 Å². The number of hydrogen-bond donors (Lipinski definition) is 3. The predicted molar refractivity (Wildman–Crippen MR) is 63.2 cm³/mol. The molecule has 0 radical (unpaired) electrons. The maximum absolute atomic E-state index is 11.9. The van der Waals surface area contributed by atoms with Gasteiger partial charge < -0.3 is 20.8 Å². The molecule has 0 bridgehead atoms. The maximum Gasteiger partial charge on any atom is 0.222 e. The Morgan fingerprint density at radius 2 is 2.18 bits per heavy atom. The number of carbonyl (C=O) groups excluding carboxylic acids is 1. The fourth-order valence-corrected chi connectivity index (χ4v) is 2.55. The van der Waals surface area contributed by atoms with Gasteiger partial charge in [-0.05, 0) is 31.1 Å². The van der Waals surface area contributed by atoms with Gasteiger partial charge in [-0.1, -0.05) is 0 Å². The molecule has 0 aromatic carbocycles. The number of aliphatic hydroxyl groups excluding tert-OH is 2. The number of β-amino-alcohol motifs (C(OH)–C–C–N with tert-alkyl or cyclic N) is 1. The molecule has 1 spiro atoms. The summed E-state index contributed by atoms with van der Waals surface area (Å²) >= 11 is 0. The van der Waals surface area contributed by atoms with Gasteiger partial charge in [-0.3, -0.25) is 4.79 Å². The van der Waals surface area contributed by atoms with Crippen LogP contribution in [-0.4, -0.2) is 52.9 Å². The molecule has 2 atom stereocenters. The average molecular weight is 242 g/mol. The summed E-state index contributed by atoms with van der Waals surface area (Å²) in [6.07, 6.45) is 3.64. The molecule has 1 saturated carbocycles. The van der Waals surface area contributed by atoms with Crippen LogP contribution in [0.2, 0.25) is 0 Å². The Hall–Kier alpha value is -0.650. The topological polar surface area (TPSA) is 86.8 Å². The van der Waals surface area contributed by atoms with E-state index in [1.807, 2.05) is 0 Å². The zero-order valence-electron chi connectivity index (χ0n) is 10.1. The van der Waals surface area contributed by atoms with Crippen molar-refractivity contribution in [1.82, 2.24) is 4.90 Å². The molecule has 5 heteroatoms. The molecule has 5 nitrogen and oxygen atoms in total. The lowest BCUT2D eigenvalue weighted by molar-refractivity contribution is -0.136. The van der Waals surface area contributed by atoms with Crippen LogP contribution in [0.3, 0.4) is 0 Å². The monoisotopic (exact) mass is 242 g/mol. The minimum Gasteiger partial charge on any atom is -0.395 e. The van der Waals surface area contributed by atoms with E-state index < -0.39 is 0 Å². The summed E-state index contributed by atoms with van der Waals surface area (Å²) in [6.45, 7) is 1.14. The van der Waals surface area contributed by atoms with E-state index in [1.54, 1.807) is 4.90 Å². The van der Waals surface area contributed by atoms with E-state index in [0.29, 0.717) is 19.4 Å². The van der Waals surface area contributed by atoms with Crippen LogP contribution in [0.4, 0.5) is 0 Å². The molecule has 2 aliphatic rings. The number of aliphatic hydroxyl groups is 2. The van der Waals surface area contributed by atoms with Crippen LogP contribution in [0.1, 0.15) is 32.1 Å². The first-order chi connectivity index (χ1) is 8.07. The van der Waals surface area contributed by atoms with Gasteiger partial charge in [0.2, 0.25) is 5.91 Å². The fraction of sp³-hybridized carbons (Fsp3) is 0.917. The molecule has 1 aliphatic carbocycles. The highest BCUT2D eigenvalue weighted by molar-refractivity contribution is 5.76. The predicted octanol–water partition coefficient (Wildman–Crippen LogP) is -0.540. The summed E-state index contributed by atoms with van der Waals surface area (Å²) < 4.78 is 0. The molecule has 4 N–H and O–H groups in total. The maximum atomic E-state index is 11.9. The lowest BCUT2D eigenvalue weighted by Crippen LogP contribution is -2.47. The third kappa shape index (κ3) is 2.78. The van der Waals surface area contributed by atoms with Gasteiger partial charge in [0, 0.05) is 25.6 Å². The Balaban J connectivity index is 1.77. The number of likely N-dealkylation sites (tertiary alicyclic amines) is 1. The highest BCUT2D eigenvalue weighted by atomic mass is 16.3. The third-order valence-electron chi connectivity index (χ3n) is 4.19. The summed E-state index contributed by atoms with van der Waals surface area (Å²) in [5, 5.41) is 18.8. The lowest BCUT2D eigenvalue weighted by Gasteiger charge is -2.36. The zero-order valence-corrected chi connectivity index (χ0v) is 10.1. The summed E-state index contributed by atoms with van der Waals surface area (Å²) in [7, 11) is 0. The Morgan fingerprint density at radius 1 is 1.47 bits per heavy atom. The van der Waals surface area contributed by atoms with E-state index in [2.05, 4.69) is 0 Å². The molecule has 1 saturated heterocycles. The Kier molecular flexibility index (Phi) is 3.70. The van der Waals surface area contributed by atoms with Crippen molar-refractivity contribution in [2.24, 2.45) is 11.1 Å². The molecular weight excluding hydrogens is 220 g/mol. The first-order valence-corrected chi connectivity index (χ1v) is 6.40. The van der Waals surface area contributed by atoms with E-state index in [4.69, 9.17) is 10.8 Å². The van der Waals surface area contributed by atoms with Gasteiger partial charge in [0.25, 0.3) is 0 Å². The van der Waals surface area contributed by atoms with Crippen molar-refractivity contribution in [3.05, 3.63) is 0 Å². The van der Waals surface area contributed by atoms with Crippen LogP contribution in [-0.2, 0) is 4.79 Å². The Bertz CT molecular complexity index is 291. The number of nitrogens with two attached hydrogens (primary N) is 1. The summed E-state index contributed by atoms with van der Waals surface area (Å²) in [5.41, 5.74) is 5.70. The van der Waals surface area contributed by atoms with E-state index in [1.165, 1.54) is 0 Å². The Labute approximate surface area is 102 Å². The number of piperidine rings is 1. The molecule has 1 aliphatic heterocycles. The molecular formula is C12H22N2O3. The second-order valence-corrected chi connectivity index (χ2v) is 5.45. The number of amides is 1. The minimum atomic E-state index is -0.355. The molecule has 1 heterocycles. The molecule has 0 aromatic rings. The molecule has 2 unspecified atom stereocenters. The molecule has 1 amide bonds. The van der Waals surface area contributed by atoms with Crippen LogP contribution in [0.5, 0.6) is 0 Å². The van der Waals surface area contributed by atoms with Crippen LogP contribution >= 0.6 is 0 Å². The number of nitrogens with zero attached hydrogens (tertiary/aromatic N) is 1. The van der Waals surface area contributed by atoms with E-state index in [-0.39, 0.29) is 30.1 Å². The van der Waals surface area contributed by atoms with Gasteiger partial charge in [0.05, 0.1) is 12.7 Å². The SMILES string of the molecule is NC(CO)CCC(=O)N1CCC2(CC2)C(O)C1. The highest BCUT2D eigenvalue weighted by Crippen LogP contribution is 2.53. The number of hydrogen-bond acceptors (Lipinski definition) is 4. The second-order valence-electron chi connectivity index (χ2n) is 5.45. The summed E-state index contributed by atoms with van der Waals surface area (Å²) in [5.74, 6) is 0.0449. The van der Waals surface area contributed by atoms with Gasteiger partial charge >= 0.3 is 0 Å². The number of carbonyl (C=O) groups is 1. The molecule has 2 fully saturated rings. The normalized spacial score (nSPS) is 28.2. The van der Waals surface area contributed by atoms with E-state index in [9.17, 15) is 9.90 Å². The van der Waals surface area contributed by atoms with Crippen LogP contribution in [0.15, 0.2) is 0 Å². The molecule has 17 heavy (non-hydrogen) atoms. The van der Waals surface area contributed by atoms with E-state index in [0.717, 1.165) is 25.8 Å². The van der Waals surface area contributed by atoms with Gasteiger partial charge in [0.15, 0.2) is 0 Å². The summed E-state index contributed by atoms with van der Waals surface area (Å²) in [4.78, 5) is 13.6. The zero-order chi connectivity index (χ0) is 12.5. The third-order valence-corrected chi connectivity index (χ3v) is 4.19. The van der Waals surface area contributed by atoms with Crippen LogP contribution in [0.25, 0.3) is 0 Å². The molecule has 98 valence electrons. The second kappa shape index (κ2) is 4.92. The quantitative estimate of drug-likeness (QED) is 0.618. The van der Waals surface area contributed by atoms with Gasteiger partial charge in [-0.2, -0.15) is 0 Å². The number of rotatable bonds is 4. The van der Waals surface area contributed by atoms with E-state index >= 15 is 0 Å². The van der Waals surface area contributed by atoms with Crippen LogP contribution in [0, 0.1) is 5.41 Å². The first kappa shape index (κ1) is 12.8. The largest absolute Gasteiger partial charge is 0.395 e. The van der Waals surface area contributed by atoms with Crippen LogP contribution < -0.4 is 5.73 Å². The van der Waals surface area contributed by atoms with Crippen molar-refractivity contribution in [3.8, 4) is 0 Å². The Morgan fingerprint density at radius 3 is 2.71 bits per heavy atom. The van der Waals surface area contributed by atoms with Gasteiger partial charge in [-0.15, -0.1) is 0 Å². The smallest absolute Gasteiger partial charge is 0.222 e. The van der Waals surface area contributed by atoms with Gasteiger partial charge in [0.1, 0.15) is 0 Å². The molecule has 0 aromatic heterocycles. The van der Waals surface area contributed by atoms with Crippen molar-refractivity contribution in [2.75, 3.05) is 19.7 Å². The standard InChI is InChI=1S/C12H22N2O3/c13-9(8-15)1-2-11(17)14-6-5-12(3-4-12)10(16)7-14/h9-10,15-16H,1-8,13H2. The first-order valence-electron chi connectivity index (χ1n) is 6.40. The van der Waals surface area contributed by atoms with Crippen molar-refractivity contribution in [3.63, 3.8) is 0 Å². The average Bonchev–Trinajstić information content (AvgIpc) is 3.10. The molecule has 2 rings (SSSR count). The highest BCUT2D eigenvalue weighted by Gasteiger charge is 2.51. The van der Waals surface area contributed by atoms with Crippen molar-refractivity contribution in [1.29, 1.82) is 0 Å². The minimum absolute atomic E-state index is 0.0449. The summed E-state index contributed by atoms with van der Waals surface area (Å²) in [6, 6.07) is -0.316. The van der Waals surface area contributed by atoms with Crippen molar-refractivity contribution < 1.29 is 15.0 Å². The van der Waals surface area contributed by atoms with Gasteiger partial charge in [-0.25, -0.2) is 0 Å². The fourth-order valence-electron chi connectivity index (χ4n) is 2.55. The van der Waals surface area contributed by atoms with Crippen molar-refractivity contribution in [2.45, 2.75) is 44.2 Å². The lowest BCUT2D eigenvalue weighted by atomic mass is 9.90.